The van der Waals surface area contributed by atoms with Crippen LogP contribution in [0.5, 0.6) is 11.5 Å². The topological polar surface area (TPSA) is 72.8 Å². The van der Waals surface area contributed by atoms with Crippen LogP contribution in [0.2, 0.25) is 0 Å². The van der Waals surface area contributed by atoms with Crippen molar-refractivity contribution < 1.29 is 24.2 Å². The van der Waals surface area contributed by atoms with Crippen LogP contribution in [0.25, 0.3) is 6.08 Å². The van der Waals surface area contributed by atoms with E-state index in [2.05, 4.69) is 12.2 Å². The number of carbonyl (C=O) groups is 2. The molecule has 1 aromatic carbocycles. The van der Waals surface area contributed by atoms with E-state index in [0.29, 0.717) is 18.1 Å². The van der Waals surface area contributed by atoms with Gasteiger partial charge in [0.15, 0.2) is 11.5 Å². The van der Waals surface area contributed by atoms with Gasteiger partial charge in [0.05, 0.1) is 0 Å². The van der Waals surface area contributed by atoms with Crippen molar-refractivity contribution in [2.75, 3.05) is 6.79 Å². The average Bonchev–Trinajstić information content (AvgIpc) is 3.22. The molecular weight excluding hydrogens is 332 g/mol. The Morgan fingerprint density at radius 1 is 1.15 bits per heavy atom. The zero-order chi connectivity index (χ0) is 18.4. The van der Waals surface area contributed by atoms with Crippen LogP contribution in [0.1, 0.15) is 56.9 Å². The van der Waals surface area contributed by atoms with Gasteiger partial charge in [0, 0.05) is 18.8 Å². The molecule has 1 N–H and O–H groups in total. The lowest BCUT2D eigenvalue weighted by Gasteiger charge is -2.14. The van der Waals surface area contributed by atoms with E-state index < -0.39 is 5.97 Å². The third-order valence-electron chi connectivity index (χ3n) is 5.24. The molecule has 1 saturated carbocycles. The zero-order valence-electron chi connectivity index (χ0n) is 15.0. The summed E-state index contributed by atoms with van der Waals surface area (Å²) in [5, 5.41) is 8.65. The summed E-state index contributed by atoms with van der Waals surface area (Å²) in [6, 6.07) is 5.88. The first-order chi connectivity index (χ1) is 12.6. The van der Waals surface area contributed by atoms with E-state index in [9.17, 15) is 9.59 Å². The fourth-order valence-electron chi connectivity index (χ4n) is 3.79. The summed E-state index contributed by atoms with van der Waals surface area (Å²) >= 11 is 0. The van der Waals surface area contributed by atoms with E-state index in [4.69, 9.17) is 14.6 Å². The highest BCUT2D eigenvalue weighted by Gasteiger charge is 2.32. The van der Waals surface area contributed by atoms with Crippen LogP contribution in [0.3, 0.4) is 0 Å². The number of ether oxygens (including phenoxy) is 2. The molecule has 0 aromatic heterocycles. The molecule has 1 aliphatic carbocycles. The molecule has 5 nitrogen and oxygen atoms in total. The summed E-state index contributed by atoms with van der Waals surface area (Å²) in [6.45, 7) is 0.272. The number of hydrogen-bond acceptors (Lipinski definition) is 4. The number of carboxylic acid groups (broad SMARTS) is 1. The lowest BCUT2D eigenvalue weighted by atomic mass is 9.89. The maximum atomic E-state index is 12.2. The minimum absolute atomic E-state index is 0.111. The third kappa shape index (κ3) is 4.87. The number of unbranched alkanes of at least 4 members (excludes halogenated alkanes) is 3. The summed E-state index contributed by atoms with van der Waals surface area (Å²) in [5.74, 6) is 1.60. The van der Waals surface area contributed by atoms with Crippen molar-refractivity contribution in [3.63, 3.8) is 0 Å². The monoisotopic (exact) mass is 358 g/mol. The molecule has 1 heterocycles. The maximum Gasteiger partial charge on any atom is 0.303 e. The van der Waals surface area contributed by atoms with Crippen LogP contribution in [0.4, 0.5) is 0 Å². The Kier molecular flexibility index (Phi) is 6.31. The highest BCUT2D eigenvalue weighted by molar-refractivity contribution is 5.84. The smallest absolute Gasteiger partial charge is 0.303 e. The van der Waals surface area contributed by atoms with Crippen molar-refractivity contribution in [1.82, 2.24) is 0 Å². The standard InChI is InChI=1S/C21H26O5/c22-18-11-10-16(17(18)5-3-1-2-4-6-21(23)24)9-7-15-8-12-19-20(13-15)26-14-25-19/h7-9,12-13,16-17H,1-6,10-11,14H2,(H,23,24)/b9-7+. The predicted molar refractivity (Wildman–Crippen MR) is 98.2 cm³/mol. The van der Waals surface area contributed by atoms with Crippen molar-refractivity contribution in [3.05, 3.63) is 29.8 Å². The highest BCUT2D eigenvalue weighted by Crippen LogP contribution is 2.36. The quantitative estimate of drug-likeness (QED) is 0.660. The lowest BCUT2D eigenvalue weighted by molar-refractivity contribution is -0.137. The molecule has 5 heteroatoms. The van der Waals surface area contributed by atoms with Gasteiger partial charge in [0.1, 0.15) is 5.78 Å². The molecular formula is C21H26O5. The van der Waals surface area contributed by atoms with Gasteiger partial charge in [-0.3, -0.25) is 9.59 Å². The van der Waals surface area contributed by atoms with Gasteiger partial charge in [-0.2, -0.15) is 0 Å². The van der Waals surface area contributed by atoms with Crippen LogP contribution in [-0.2, 0) is 9.59 Å². The van der Waals surface area contributed by atoms with Crippen molar-refractivity contribution in [2.24, 2.45) is 11.8 Å². The summed E-state index contributed by atoms with van der Waals surface area (Å²) < 4.78 is 10.7. The second-order valence-corrected chi connectivity index (χ2v) is 7.09. The van der Waals surface area contributed by atoms with Crippen LogP contribution < -0.4 is 9.47 Å². The number of aliphatic carboxylic acids is 1. The summed E-state index contributed by atoms with van der Waals surface area (Å²) in [6.07, 6.45) is 10.6. The van der Waals surface area contributed by atoms with Gasteiger partial charge in [-0.25, -0.2) is 0 Å². The van der Waals surface area contributed by atoms with E-state index in [-0.39, 0.29) is 19.1 Å². The molecule has 3 rings (SSSR count). The Morgan fingerprint density at radius 2 is 1.96 bits per heavy atom. The normalized spacial score (nSPS) is 21.6. The summed E-state index contributed by atoms with van der Waals surface area (Å²) in [4.78, 5) is 22.7. The van der Waals surface area contributed by atoms with Crippen molar-refractivity contribution in [3.8, 4) is 11.5 Å². The molecule has 140 valence electrons. The number of hydrogen-bond donors (Lipinski definition) is 1. The second-order valence-electron chi connectivity index (χ2n) is 7.09. The number of Topliss-reactive ketones (excluding diaryl/α,β-unsaturated/α-hetero) is 1. The molecule has 1 fully saturated rings. The number of ketones is 1. The highest BCUT2D eigenvalue weighted by atomic mass is 16.7. The molecule has 0 spiro atoms. The molecule has 0 amide bonds. The van der Waals surface area contributed by atoms with Gasteiger partial charge in [-0.1, -0.05) is 37.5 Å². The summed E-state index contributed by atoms with van der Waals surface area (Å²) in [5.41, 5.74) is 1.06. The predicted octanol–water partition coefficient (Wildman–Crippen LogP) is 4.45. The van der Waals surface area contributed by atoms with Gasteiger partial charge in [0.25, 0.3) is 0 Å². The second kappa shape index (κ2) is 8.88. The number of carboxylic acids is 1. The van der Waals surface area contributed by atoms with Crippen LogP contribution in [-0.4, -0.2) is 23.7 Å². The Hall–Kier alpha value is -2.30. The molecule has 2 aliphatic rings. The van der Waals surface area contributed by atoms with Gasteiger partial charge in [-0.05, 0) is 42.9 Å². The maximum absolute atomic E-state index is 12.2. The minimum atomic E-state index is -0.732. The Labute approximate surface area is 154 Å². The number of allylic oxidation sites excluding steroid dienone is 1. The van der Waals surface area contributed by atoms with E-state index in [1.807, 2.05) is 18.2 Å². The molecule has 1 aromatic rings. The van der Waals surface area contributed by atoms with Gasteiger partial charge in [-0.15, -0.1) is 0 Å². The number of carbonyl (C=O) groups excluding carboxylic acids is 1. The first-order valence-corrected chi connectivity index (χ1v) is 9.46. The average molecular weight is 358 g/mol. The lowest BCUT2D eigenvalue weighted by Crippen LogP contribution is -2.13. The molecule has 1 aliphatic heterocycles. The molecule has 0 saturated heterocycles. The van der Waals surface area contributed by atoms with Crippen molar-refractivity contribution in [2.45, 2.75) is 51.4 Å². The first-order valence-electron chi connectivity index (χ1n) is 9.46. The van der Waals surface area contributed by atoms with Gasteiger partial charge < -0.3 is 14.6 Å². The van der Waals surface area contributed by atoms with Crippen LogP contribution >= 0.6 is 0 Å². The van der Waals surface area contributed by atoms with Crippen LogP contribution in [0, 0.1) is 11.8 Å². The van der Waals surface area contributed by atoms with E-state index >= 15 is 0 Å². The molecule has 0 bridgehead atoms. The van der Waals surface area contributed by atoms with Gasteiger partial charge in [0.2, 0.25) is 6.79 Å². The fraction of sp³-hybridized carbons (Fsp3) is 0.524. The third-order valence-corrected chi connectivity index (χ3v) is 5.24. The van der Waals surface area contributed by atoms with Crippen LogP contribution in [0.15, 0.2) is 24.3 Å². The minimum Gasteiger partial charge on any atom is -0.481 e. The van der Waals surface area contributed by atoms with Crippen molar-refractivity contribution >= 4 is 17.8 Å². The van der Waals surface area contributed by atoms with Crippen molar-refractivity contribution in [1.29, 1.82) is 0 Å². The van der Waals surface area contributed by atoms with E-state index in [0.717, 1.165) is 55.6 Å². The Morgan fingerprint density at radius 3 is 2.81 bits per heavy atom. The summed E-state index contributed by atoms with van der Waals surface area (Å²) in [7, 11) is 0. The largest absolute Gasteiger partial charge is 0.481 e. The number of rotatable bonds is 9. The van der Waals surface area contributed by atoms with Gasteiger partial charge >= 0.3 is 5.97 Å². The first kappa shape index (κ1) is 18.5. The Balaban J connectivity index is 1.48. The molecule has 2 atom stereocenters. The number of fused-ring (bicyclic) bond motifs is 1. The molecule has 26 heavy (non-hydrogen) atoms. The van der Waals surface area contributed by atoms with E-state index in [1.54, 1.807) is 0 Å². The fourth-order valence-corrected chi connectivity index (χ4v) is 3.79. The Bertz CT molecular complexity index is 679. The van der Waals surface area contributed by atoms with E-state index in [1.165, 1.54) is 0 Å². The zero-order valence-corrected chi connectivity index (χ0v) is 15.0. The molecule has 0 radical (unpaired) electrons. The SMILES string of the molecule is O=C(O)CCCCCCC1C(=O)CCC1/C=C/c1ccc2c(c1)OCO2. The molecule has 2 unspecified atom stereocenters. The number of benzene rings is 1.